The molecule has 8 heteroatoms. The van der Waals surface area contributed by atoms with E-state index in [1.54, 1.807) is 6.08 Å². The van der Waals surface area contributed by atoms with Crippen LogP contribution in [0.1, 0.15) is 24.3 Å². The second kappa shape index (κ2) is 7.12. The summed E-state index contributed by atoms with van der Waals surface area (Å²) in [6, 6.07) is 5.60. The number of hydrogen-bond donors (Lipinski definition) is 2. The Morgan fingerprint density at radius 1 is 1.52 bits per heavy atom. The molecule has 1 amide bonds. The Balaban J connectivity index is 2.15. The number of fused-ring (bicyclic) bond motifs is 1. The van der Waals surface area contributed by atoms with Gasteiger partial charge in [-0.15, -0.1) is 11.3 Å². The van der Waals surface area contributed by atoms with Crippen molar-refractivity contribution in [1.82, 2.24) is 4.98 Å². The molecule has 1 aromatic heterocycles. The number of carbonyl (C=O) groups excluding carboxylic acids is 1. The van der Waals surface area contributed by atoms with Gasteiger partial charge in [0.2, 0.25) is 11.8 Å². The number of ether oxygens (including phenoxy) is 1. The summed E-state index contributed by atoms with van der Waals surface area (Å²) in [5.74, 6) is 0.660. The van der Waals surface area contributed by atoms with Gasteiger partial charge in [-0.1, -0.05) is 6.07 Å². The van der Waals surface area contributed by atoms with Crippen molar-refractivity contribution in [1.29, 1.82) is 0 Å². The molecule has 0 saturated heterocycles. The summed E-state index contributed by atoms with van der Waals surface area (Å²) >= 11 is 6.33. The van der Waals surface area contributed by atoms with Crippen molar-refractivity contribution >= 4 is 47.1 Å². The lowest BCUT2D eigenvalue weighted by Crippen LogP contribution is -2.21. The zero-order chi connectivity index (χ0) is 18.0. The highest BCUT2D eigenvalue weighted by molar-refractivity contribution is 7.73. The summed E-state index contributed by atoms with van der Waals surface area (Å²) in [5, 5.41) is 11.4. The van der Waals surface area contributed by atoms with Gasteiger partial charge in [-0.05, 0) is 42.6 Å². The maximum atomic E-state index is 11.2. The number of carbonyl (C=O) groups is 1. The Kier molecular flexibility index (Phi) is 4.91. The van der Waals surface area contributed by atoms with E-state index >= 15 is 0 Å². The van der Waals surface area contributed by atoms with Crippen LogP contribution in [0.3, 0.4) is 0 Å². The first-order valence-electron chi connectivity index (χ1n) is 7.53. The van der Waals surface area contributed by atoms with E-state index in [1.165, 1.54) is 18.3 Å². The van der Waals surface area contributed by atoms with Gasteiger partial charge >= 0.3 is 0 Å². The molecule has 0 spiro atoms. The average molecular weight is 373 g/mol. The largest absolute Gasteiger partial charge is 0.494 e. The number of amidine groups is 1. The van der Waals surface area contributed by atoms with Gasteiger partial charge in [0.25, 0.3) is 0 Å². The number of nitrogens with one attached hydrogen (secondary N) is 1. The number of aromatic amines is 1. The van der Waals surface area contributed by atoms with Crippen molar-refractivity contribution in [2.24, 2.45) is 9.98 Å². The van der Waals surface area contributed by atoms with Gasteiger partial charge < -0.3 is 14.8 Å². The van der Waals surface area contributed by atoms with E-state index in [2.05, 4.69) is 15.0 Å². The van der Waals surface area contributed by atoms with Crippen molar-refractivity contribution in [3.63, 3.8) is 0 Å². The summed E-state index contributed by atoms with van der Waals surface area (Å²) in [7, 11) is 0. The van der Waals surface area contributed by atoms with Gasteiger partial charge in [0.05, 0.1) is 16.8 Å². The summed E-state index contributed by atoms with van der Waals surface area (Å²) in [6.07, 6.45) is 3.48. The van der Waals surface area contributed by atoms with Crippen LogP contribution in [0.5, 0.6) is 5.88 Å². The molecule has 0 atom stereocenters. The van der Waals surface area contributed by atoms with Crippen molar-refractivity contribution in [2.45, 2.75) is 13.8 Å². The van der Waals surface area contributed by atoms with Crippen LogP contribution in [0.2, 0.25) is 0 Å². The number of thiazole rings is 1. The van der Waals surface area contributed by atoms with E-state index in [0.717, 1.165) is 10.8 Å². The monoisotopic (exact) mass is 373 g/mol. The third kappa shape index (κ3) is 3.92. The molecular formula is C17H15N3O3S2. The first-order chi connectivity index (χ1) is 12.0. The third-order valence-electron chi connectivity index (χ3n) is 3.31. The zero-order valence-corrected chi connectivity index (χ0v) is 15.2. The summed E-state index contributed by atoms with van der Waals surface area (Å²) in [5.41, 5.74) is 0.803. The second-order valence-electron chi connectivity index (χ2n) is 5.19. The number of H-pyrrole nitrogens is 1. The predicted octanol–water partition coefficient (Wildman–Crippen LogP) is 2.30. The minimum absolute atomic E-state index is 0.0499. The quantitative estimate of drug-likeness (QED) is 0.808. The third-order valence-corrected chi connectivity index (χ3v) is 4.48. The Hall–Kier alpha value is -2.58. The molecule has 2 aromatic rings. The molecule has 25 heavy (non-hydrogen) atoms. The molecule has 2 N–H and O–H groups in total. The highest BCUT2D eigenvalue weighted by atomic mass is 32.1. The number of aromatic nitrogens is 1. The van der Waals surface area contributed by atoms with Crippen LogP contribution < -0.4 is 10.6 Å². The molecule has 6 nitrogen and oxygen atoms in total. The van der Waals surface area contributed by atoms with E-state index in [-0.39, 0.29) is 11.8 Å². The lowest BCUT2D eigenvalue weighted by molar-refractivity contribution is -0.115. The molecule has 0 fully saturated rings. The van der Waals surface area contributed by atoms with Crippen LogP contribution in [0.4, 0.5) is 0 Å². The van der Waals surface area contributed by atoms with Crippen molar-refractivity contribution < 1.29 is 14.6 Å². The van der Waals surface area contributed by atoms with Crippen LogP contribution in [0.15, 0.2) is 34.3 Å². The molecule has 0 radical (unpaired) electrons. The Labute approximate surface area is 152 Å². The number of aromatic hydroxyl groups is 1. The van der Waals surface area contributed by atoms with Crippen molar-refractivity contribution in [2.75, 3.05) is 6.61 Å². The second-order valence-corrected chi connectivity index (χ2v) is 6.91. The van der Waals surface area contributed by atoms with Crippen LogP contribution >= 0.6 is 23.6 Å². The Morgan fingerprint density at radius 2 is 2.32 bits per heavy atom. The number of aliphatic imine (C=N–C) groups is 1. The van der Waals surface area contributed by atoms with Gasteiger partial charge in [0.15, 0.2) is 9.79 Å². The summed E-state index contributed by atoms with van der Waals surface area (Å²) in [6.45, 7) is 3.74. The molecule has 1 aromatic carbocycles. The number of nitrogens with zero attached hydrogens (tertiary/aromatic N) is 2. The smallest absolute Gasteiger partial charge is 0.244 e. The van der Waals surface area contributed by atoms with Crippen LogP contribution in [0.25, 0.3) is 11.8 Å². The summed E-state index contributed by atoms with van der Waals surface area (Å²) in [4.78, 5) is 22.8. The fourth-order valence-corrected chi connectivity index (χ4v) is 3.42. The molecule has 0 unspecified atom stereocenters. The maximum absolute atomic E-state index is 11.2. The van der Waals surface area contributed by atoms with Gasteiger partial charge in [0, 0.05) is 18.6 Å². The molecule has 2 heterocycles. The first kappa shape index (κ1) is 17.2. The molecule has 3 rings (SSSR count). The number of benzene rings is 1. The number of amides is 1. The predicted molar refractivity (Wildman–Crippen MR) is 99.7 cm³/mol. The molecular weight excluding hydrogens is 358 g/mol. The SMILES string of the molecule is CCOC1=CC(=NC(C)=O)N=c2cc/c(=C\c3sc(=S)[nH]c3O)cc21. The molecule has 1 aliphatic rings. The molecule has 0 bridgehead atoms. The van der Waals surface area contributed by atoms with Gasteiger partial charge in [-0.3, -0.25) is 4.79 Å². The van der Waals surface area contributed by atoms with Gasteiger partial charge in [-0.2, -0.15) is 4.99 Å². The fraction of sp³-hybridized carbons (Fsp3) is 0.176. The van der Waals surface area contributed by atoms with Crippen LogP contribution in [-0.2, 0) is 9.53 Å². The molecule has 0 saturated carbocycles. The molecule has 128 valence electrons. The zero-order valence-electron chi connectivity index (χ0n) is 13.6. The van der Waals surface area contributed by atoms with Crippen LogP contribution in [-0.4, -0.2) is 28.4 Å². The van der Waals surface area contributed by atoms with E-state index in [4.69, 9.17) is 17.0 Å². The highest BCUT2D eigenvalue weighted by Crippen LogP contribution is 2.22. The highest BCUT2D eigenvalue weighted by Gasteiger charge is 2.13. The van der Waals surface area contributed by atoms with E-state index < -0.39 is 0 Å². The van der Waals surface area contributed by atoms with E-state index in [1.807, 2.05) is 31.2 Å². The van der Waals surface area contributed by atoms with E-state index in [0.29, 0.717) is 32.4 Å². The van der Waals surface area contributed by atoms with Gasteiger partial charge in [-0.25, -0.2) is 4.99 Å². The van der Waals surface area contributed by atoms with Gasteiger partial charge in [0.1, 0.15) is 5.76 Å². The molecule has 1 aliphatic heterocycles. The first-order valence-corrected chi connectivity index (χ1v) is 8.75. The minimum Gasteiger partial charge on any atom is -0.494 e. The number of rotatable bonds is 3. The number of hydrogen-bond acceptors (Lipinski definition) is 5. The lowest BCUT2D eigenvalue weighted by atomic mass is 10.1. The molecule has 0 aliphatic carbocycles. The maximum Gasteiger partial charge on any atom is 0.244 e. The Morgan fingerprint density at radius 3 is 2.96 bits per heavy atom. The normalized spacial score (nSPS) is 15.5. The van der Waals surface area contributed by atoms with E-state index in [9.17, 15) is 9.90 Å². The van der Waals surface area contributed by atoms with Crippen molar-refractivity contribution in [3.05, 3.63) is 49.2 Å². The topological polar surface area (TPSA) is 87.0 Å². The Bertz CT molecular complexity index is 1080. The standard InChI is InChI=1S/C17H15N3O3S2/c1-3-23-13-8-15(18-9(2)21)19-12-5-4-10(6-11(12)13)7-14-16(22)20-17(24)25-14/h4-8,22H,3H2,1-2H3,(H,20,24)/b10-7+,18-15?. The summed E-state index contributed by atoms with van der Waals surface area (Å²) < 4.78 is 6.19. The lowest BCUT2D eigenvalue weighted by Gasteiger charge is -2.13. The van der Waals surface area contributed by atoms with Crippen molar-refractivity contribution in [3.8, 4) is 5.88 Å². The average Bonchev–Trinajstić information content (AvgIpc) is 2.85. The van der Waals surface area contributed by atoms with Crippen LogP contribution in [0, 0.1) is 3.95 Å². The fourth-order valence-electron chi connectivity index (χ4n) is 2.36. The minimum atomic E-state index is -0.316.